The largest absolute Gasteiger partial charge is 0.342 e. The molecule has 25 heavy (non-hydrogen) atoms. The molecule has 0 unspecified atom stereocenters. The van der Waals surface area contributed by atoms with Gasteiger partial charge in [0.1, 0.15) is 0 Å². The third kappa shape index (κ3) is 4.48. The summed E-state index contributed by atoms with van der Waals surface area (Å²) >= 11 is 0. The summed E-state index contributed by atoms with van der Waals surface area (Å²) < 4.78 is 0. The van der Waals surface area contributed by atoms with E-state index in [0.29, 0.717) is 17.3 Å². The average molecular weight is 331 g/mol. The Hall–Kier alpha value is -3.53. The molecule has 3 rings (SSSR count). The van der Waals surface area contributed by atoms with Crippen molar-refractivity contribution in [1.29, 1.82) is 5.26 Å². The van der Waals surface area contributed by atoms with Crippen LogP contribution < -0.4 is 10.2 Å². The van der Waals surface area contributed by atoms with Crippen LogP contribution in [-0.2, 0) is 6.42 Å². The second kappa shape index (κ2) is 7.84. The monoisotopic (exact) mass is 331 g/mol. The molecule has 124 valence electrons. The summed E-state index contributed by atoms with van der Waals surface area (Å²) in [7, 11) is 1.93. The Morgan fingerprint density at radius 2 is 2.04 bits per heavy atom. The van der Waals surface area contributed by atoms with Crippen molar-refractivity contribution in [3.05, 3.63) is 66.1 Å². The zero-order chi connectivity index (χ0) is 17.5. The summed E-state index contributed by atoms with van der Waals surface area (Å²) in [6.07, 6.45) is 5.99. The maximum Gasteiger partial charge on any atom is 0.247 e. The van der Waals surface area contributed by atoms with Gasteiger partial charge in [-0.15, -0.1) is 5.10 Å². The van der Waals surface area contributed by atoms with Crippen molar-refractivity contribution in [2.24, 2.45) is 0 Å². The lowest BCUT2D eigenvalue weighted by Gasteiger charge is -2.17. The molecule has 1 aromatic carbocycles. The van der Waals surface area contributed by atoms with Gasteiger partial charge < -0.3 is 10.2 Å². The second-order valence-corrected chi connectivity index (χ2v) is 5.49. The molecule has 0 fully saturated rings. The molecule has 0 amide bonds. The van der Waals surface area contributed by atoms with E-state index in [1.807, 2.05) is 36.2 Å². The highest BCUT2D eigenvalue weighted by Gasteiger charge is 2.07. The van der Waals surface area contributed by atoms with E-state index >= 15 is 0 Å². The van der Waals surface area contributed by atoms with Crippen LogP contribution in [0, 0.1) is 11.3 Å². The number of nitrogens with zero attached hydrogens (tertiary/aromatic N) is 6. The van der Waals surface area contributed by atoms with E-state index in [2.05, 4.69) is 31.6 Å². The van der Waals surface area contributed by atoms with Gasteiger partial charge in [-0.1, -0.05) is 6.07 Å². The molecule has 2 heterocycles. The number of nitriles is 1. The Labute approximate surface area is 146 Å². The van der Waals surface area contributed by atoms with Crippen LogP contribution in [0.3, 0.4) is 0 Å². The molecule has 2 aromatic heterocycles. The smallest absolute Gasteiger partial charge is 0.247 e. The normalized spacial score (nSPS) is 10.1. The molecule has 0 saturated carbocycles. The molecule has 0 aliphatic rings. The number of benzene rings is 1. The third-order valence-electron chi connectivity index (χ3n) is 3.64. The molecule has 7 nitrogen and oxygen atoms in total. The number of nitrogens with one attached hydrogen (secondary N) is 1. The summed E-state index contributed by atoms with van der Waals surface area (Å²) in [6.45, 7) is 0.763. The molecular formula is C18H17N7. The highest BCUT2D eigenvalue weighted by atomic mass is 15.3. The topological polar surface area (TPSA) is 90.6 Å². The third-order valence-corrected chi connectivity index (χ3v) is 3.64. The molecule has 0 bridgehead atoms. The van der Waals surface area contributed by atoms with Gasteiger partial charge in [-0.05, 0) is 42.3 Å². The highest BCUT2D eigenvalue weighted by molar-refractivity contribution is 5.58. The van der Waals surface area contributed by atoms with Crippen LogP contribution >= 0.6 is 0 Å². The SMILES string of the molecule is CN(CCc1ccncc1)c1nncc(Nc2cccc(C#N)c2)n1. The van der Waals surface area contributed by atoms with Crippen LogP contribution in [0.15, 0.2) is 55.0 Å². The van der Waals surface area contributed by atoms with Gasteiger partial charge in [0.25, 0.3) is 0 Å². The molecule has 0 spiro atoms. The fourth-order valence-corrected chi connectivity index (χ4v) is 2.28. The number of anilines is 3. The average Bonchev–Trinajstić information content (AvgIpc) is 2.67. The summed E-state index contributed by atoms with van der Waals surface area (Å²) in [5, 5.41) is 20.2. The van der Waals surface area contributed by atoms with E-state index in [-0.39, 0.29) is 0 Å². The zero-order valence-corrected chi connectivity index (χ0v) is 13.8. The minimum atomic E-state index is 0.537. The Bertz CT molecular complexity index is 874. The van der Waals surface area contributed by atoms with Crippen LogP contribution in [0.5, 0.6) is 0 Å². The van der Waals surface area contributed by atoms with Gasteiger partial charge in [-0.3, -0.25) is 4.98 Å². The van der Waals surface area contributed by atoms with Gasteiger partial charge in [0.15, 0.2) is 5.82 Å². The molecule has 0 radical (unpaired) electrons. The maximum atomic E-state index is 8.97. The lowest BCUT2D eigenvalue weighted by molar-refractivity contribution is 0.812. The Morgan fingerprint density at radius 3 is 2.84 bits per heavy atom. The standard InChI is InChI=1S/C18H17N7/c1-25(10-7-14-5-8-20-9-6-14)18-23-17(13-21-24-18)22-16-4-2-3-15(11-16)12-19/h2-6,8-9,11,13H,7,10H2,1H3,(H,22,23,24). The van der Waals surface area contributed by atoms with Crippen molar-refractivity contribution in [3.8, 4) is 6.07 Å². The van der Waals surface area contributed by atoms with E-state index in [9.17, 15) is 0 Å². The number of aromatic nitrogens is 4. The number of pyridine rings is 1. The minimum Gasteiger partial charge on any atom is -0.342 e. The lowest BCUT2D eigenvalue weighted by atomic mass is 10.2. The van der Waals surface area contributed by atoms with Crippen LogP contribution in [-0.4, -0.2) is 33.8 Å². The quantitative estimate of drug-likeness (QED) is 0.742. The van der Waals surface area contributed by atoms with Crippen molar-refractivity contribution < 1.29 is 0 Å². The van der Waals surface area contributed by atoms with Crippen molar-refractivity contribution >= 4 is 17.5 Å². The van der Waals surface area contributed by atoms with Crippen LogP contribution in [0.4, 0.5) is 17.5 Å². The van der Waals surface area contributed by atoms with Crippen LogP contribution in [0.1, 0.15) is 11.1 Å². The predicted molar refractivity (Wildman–Crippen MR) is 95.5 cm³/mol. The van der Waals surface area contributed by atoms with Gasteiger partial charge in [0.05, 0.1) is 17.8 Å². The maximum absolute atomic E-state index is 8.97. The van der Waals surface area contributed by atoms with Crippen molar-refractivity contribution in [2.75, 3.05) is 23.8 Å². The molecule has 7 heteroatoms. The van der Waals surface area contributed by atoms with Gasteiger partial charge in [-0.2, -0.15) is 15.3 Å². The van der Waals surface area contributed by atoms with Gasteiger partial charge in [-0.25, -0.2) is 0 Å². The van der Waals surface area contributed by atoms with Gasteiger partial charge in [0.2, 0.25) is 5.95 Å². The second-order valence-electron chi connectivity index (χ2n) is 5.49. The van der Waals surface area contributed by atoms with Gasteiger partial charge in [0, 0.05) is 31.7 Å². The molecule has 1 N–H and O–H groups in total. The number of rotatable bonds is 6. The van der Waals surface area contributed by atoms with E-state index in [4.69, 9.17) is 5.26 Å². The molecule has 3 aromatic rings. The summed E-state index contributed by atoms with van der Waals surface area (Å²) in [5.41, 5.74) is 2.57. The van der Waals surface area contributed by atoms with E-state index < -0.39 is 0 Å². The molecule has 0 atom stereocenters. The Balaban J connectivity index is 1.67. The first-order chi connectivity index (χ1) is 12.2. The lowest BCUT2D eigenvalue weighted by Crippen LogP contribution is -2.23. The van der Waals surface area contributed by atoms with E-state index in [1.54, 1.807) is 30.7 Å². The first-order valence-electron chi connectivity index (χ1n) is 7.81. The summed E-state index contributed by atoms with van der Waals surface area (Å²) in [4.78, 5) is 10.4. The van der Waals surface area contributed by atoms with Crippen LogP contribution in [0.2, 0.25) is 0 Å². The fourth-order valence-electron chi connectivity index (χ4n) is 2.28. The van der Waals surface area contributed by atoms with Gasteiger partial charge >= 0.3 is 0 Å². The number of hydrogen-bond donors (Lipinski definition) is 1. The number of likely N-dealkylation sites (N-methyl/N-ethyl adjacent to an activating group) is 1. The van der Waals surface area contributed by atoms with E-state index in [0.717, 1.165) is 18.7 Å². The Morgan fingerprint density at radius 1 is 1.20 bits per heavy atom. The number of hydrogen-bond acceptors (Lipinski definition) is 7. The summed E-state index contributed by atoms with van der Waals surface area (Å²) in [6, 6.07) is 13.3. The minimum absolute atomic E-state index is 0.537. The molecule has 0 aliphatic carbocycles. The molecular weight excluding hydrogens is 314 g/mol. The zero-order valence-electron chi connectivity index (χ0n) is 13.8. The van der Waals surface area contributed by atoms with Crippen molar-refractivity contribution in [1.82, 2.24) is 20.2 Å². The first kappa shape index (κ1) is 16.3. The Kier molecular flexibility index (Phi) is 5.12. The predicted octanol–water partition coefficient (Wildman–Crippen LogP) is 2.56. The van der Waals surface area contributed by atoms with Crippen molar-refractivity contribution in [3.63, 3.8) is 0 Å². The molecule has 0 aliphatic heterocycles. The van der Waals surface area contributed by atoms with E-state index in [1.165, 1.54) is 5.56 Å². The van der Waals surface area contributed by atoms with Crippen LogP contribution in [0.25, 0.3) is 0 Å². The first-order valence-corrected chi connectivity index (χ1v) is 7.81. The van der Waals surface area contributed by atoms with Crippen molar-refractivity contribution in [2.45, 2.75) is 6.42 Å². The fraction of sp³-hybridized carbons (Fsp3) is 0.167. The summed E-state index contributed by atoms with van der Waals surface area (Å²) in [5.74, 6) is 1.12. The highest BCUT2D eigenvalue weighted by Crippen LogP contribution is 2.16. The molecule has 0 saturated heterocycles.